The lowest BCUT2D eigenvalue weighted by atomic mass is 9.97. The molecule has 1 aromatic carbocycles. The first-order valence-electron chi connectivity index (χ1n) is 7.29. The summed E-state index contributed by atoms with van der Waals surface area (Å²) in [5.74, 6) is 0.464. The molecule has 2 atom stereocenters. The van der Waals surface area contributed by atoms with E-state index in [4.69, 9.17) is 0 Å². The van der Waals surface area contributed by atoms with Crippen LogP contribution in [0.4, 0.5) is 10.1 Å². The molecule has 1 N–H and O–H groups in total. The van der Waals surface area contributed by atoms with Crippen LogP contribution >= 0.6 is 0 Å². The maximum Gasteiger partial charge on any atom is 0.123 e. The number of hydrogen-bond donors (Lipinski definition) is 1. The van der Waals surface area contributed by atoms with Gasteiger partial charge >= 0.3 is 0 Å². The Morgan fingerprint density at radius 2 is 2.16 bits per heavy atom. The Morgan fingerprint density at radius 3 is 2.74 bits per heavy atom. The second kappa shape index (κ2) is 5.91. The molecule has 1 fully saturated rings. The summed E-state index contributed by atoms with van der Waals surface area (Å²) >= 11 is 0. The summed E-state index contributed by atoms with van der Waals surface area (Å²) in [5, 5.41) is 3.63. The third-order valence-electron chi connectivity index (χ3n) is 4.19. The lowest BCUT2D eigenvalue weighted by molar-refractivity contribution is 0.325. The summed E-state index contributed by atoms with van der Waals surface area (Å²) in [6.45, 7) is 10.7. The zero-order valence-corrected chi connectivity index (χ0v) is 12.4. The number of nitrogens with one attached hydrogen (secondary N) is 1. The highest BCUT2D eigenvalue weighted by Gasteiger charge is 2.29. The van der Waals surface area contributed by atoms with Crippen LogP contribution in [0.15, 0.2) is 18.2 Å². The third kappa shape index (κ3) is 3.08. The van der Waals surface area contributed by atoms with Gasteiger partial charge in [-0.1, -0.05) is 20.8 Å². The van der Waals surface area contributed by atoms with Gasteiger partial charge in [-0.25, -0.2) is 4.39 Å². The molecule has 1 aliphatic rings. The molecule has 1 aromatic rings. The van der Waals surface area contributed by atoms with E-state index < -0.39 is 0 Å². The van der Waals surface area contributed by atoms with Crippen LogP contribution in [0.1, 0.15) is 32.8 Å². The van der Waals surface area contributed by atoms with Crippen molar-refractivity contribution in [1.82, 2.24) is 5.32 Å². The average Bonchev–Trinajstić information content (AvgIpc) is 2.38. The van der Waals surface area contributed by atoms with E-state index in [1.807, 2.05) is 13.0 Å². The molecule has 0 aliphatic carbocycles. The number of halogens is 1. The van der Waals surface area contributed by atoms with E-state index >= 15 is 0 Å². The van der Waals surface area contributed by atoms with Crippen molar-refractivity contribution in [2.45, 2.75) is 46.2 Å². The minimum atomic E-state index is -0.148. The molecular formula is C16H25FN2. The Hall–Kier alpha value is -1.09. The van der Waals surface area contributed by atoms with E-state index in [0.29, 0.717) is 18.0 Å². The van der Waals surface area contributed by atoms with Crippen LogP contribution in [0.3, 0.4) is 0 Å². The first-order valence-corrected chi connectivity index (χ1v) is 7.29. The number of benzene rings is 1. The Labute approximate surface area is 116 Å². The first kappa shape index (κ1) is 14.3. The SMILES string of the molecule is CCC1CNC(C(C)C)CN1c1ccc(F)cc1C. The molecule has 2 unspecified atom stereocenters. The van der Waals surface area contributed by atoms with Crippen molar-refractivity contribution < 1.29 is 4.39 Å². The van der Waals surface area contributed by atoms with E-state index in [2.05, 4.69) is 31.0 Å². The number of anilines is 1. The van der Waals surface area contributed by atoms with Crippen molar-refractivity contribution in [3.63, 3.8) is 0 Å². The highest BCUT2D eigenvalue weighted by molar-refractivity contribution is 5.54. The summed E-state index contributed by atoms with van der Waals surface area (Å²) in [7, 11) is 0. The zero-order chi connectivity index (χ0) is 14.0. The maximum absolute atomic E-state index is 13.3. The number of hydrogen-bond acceptors (Lipinski definition) is 2. The minimum Gasteiger partial charge on any atom is -0.365 e. The maximum atomic E-state index is 13.3. The van der Waals surface area contributed by atoms with Gasteiger partial charge in [0.15, 0.2) is 0 Å². The van der Waals surface area contributed by atoms with Crippen LogP contribution in [-0.4, -0.2) is 25.2 Å². The summed E-state index contributed by atoms with van der Waals surface area (Å²) < 4.78 is 13.3. The van der Waals surface area contributed by atoms with Gasteiger partial charge in [0.25, 0.3) is 0 Å². The van der Waals surface area contributed by atoms with E-state index in [1.54, 1.807) is 12.1 Å². The van der Waals surface area contributed by atoms with Crippen molar-refractivity contribution in [2.75, 3.05) is 18.0 Å². The molecule has 0 bridgehead atoms. The molecule has 2 rings (SSSR count). The largest absolute Gasteiger partial charge is 0.365 e. The van der Waals surface area contributed by atoms with E-state index in [9.17, 15) is 4.39 Å². The molecular weight excluding hydrogens is 239 g/mol. The monoisotopic (exact) mass is 264 g/mol. The van der Waals surface area contributed by atoms with Crippen molar-refractivity contribution >= 4 is 5.69 Å². The normalized spacial score (nSPS) is 24.0. The van der Waals surface area contributed by atoms with E-state index in [0.717, 1.165) is 25.1 Å². The van der Waals surface area contributed by atoms with Crippen molar-refractivity contribution in [1.29, 1.82) is 0 Å². The van der Waals surface area contributed by atoms with Gasteiger partial charge < -0.3 is 10.2 Å². The van der Waals surface area contributed by atoms with Crippen LogP contribution < -0.4 is 10.2 Å². The number of rotatable bonds is 3. The smallest absolute Gasteiger partial charge is 0.123 e. The number of piperazine rings is 1. The summed E-state index contributed by atoms with van der Waals surface area (Å²) in [4.78, 5) is 2.45. The molecule has 0 aromatic heterocycles. The average molecular weight is 264 g/mol. The molecule has 0 amide bonds. The summed E-state index contributed by atoms with van der Waals surface area (Å²) in [6, 6.07) is 6.14. The fourth-order valence-electron chi connectivity index (χ4n) is 2.87. The van der Waals surface area contributed by atoms with Gasteiger partial charge in [-0.05, 0) is 43.0 Å². The van der Waals surface area contributed by atoms with Gasteiger partial charge in [0, 0.05) is 30.9 Å². The van der Waals surface area contributed by atoms with Crippen LogP contribution in [0.5, 0.6) is 0 Å². The van der Waals surface area contributed by atoms with Crippen LogP contribution in [-0.2, 0) is 0 Å². The van der Waals surface area contributed by atoms with Crippen LogP contribution in [0.25, 0.3) is 0 Å². The van der Waals surface area contributed by atoms with Crippen molar-refractivity contribution in [3.05, 3.63) is 29.6 Å². The van der Waals surface area contributed by atoms with Crippen molar-refractivity contribution in [2.24, 2.45) is 5.92 Å². The van der Waals surface area contributed by atoms with Crippen molar-refractivity contribution in [3.8, 4) is 0 Å². The summed E-state index contributed by atoms with van der Waals surface area (Å²) in [6.07, 6.45) is 1.11. The van der Waals surface area contributed by atoms with Crippen LogP contribution in [0.2, 0.25) is 0 Å². The molecule has 0 saturated carbocycles. The minimum absolute atomic E-state index is 0.148. The Balaban J connectivity index is 2.27. The third-order valence-corrected chi connectivity index (χ3v) is 4.19. The Bertz CT molecular complexity index is 431. The van der Waals surface area contributed by atoms with Gasteiger partial charge in [0.1, 0.15) is 5.82 Å². The first-order chi connectivity index (χ1) is 9.02. The zero-order valence-electron chi connectivity index (χ0n) is 12.4. The topological polar surface area (TPSA) is 15.3 Å². The lowest BCUT2D eigenvalue weighted by Crippen LogP contribution is -2.58. The fourth-order valence-corrected chi connectivity index (χ4v) is 2.87. The van der Waals surface area contributed by atoms with Gasteiger partial charge in [-0.3, -0.25) is 0 Å². The molecule has 19 heavy (non-hydrogen) atoms. The molecule has 0 spiro atoms. The van der Waals surface area contributed by atoms with Gasteiger partial charge in [0.2, 0.25) is 0 Å². The molecule has 0 radical (unpaired) electrons. The van der Waals surface area contributed by atoms with Crippen LogP contribution in [0, 0.1) is 18.7 Å². The Kier molecular flexibility index (Phi) is 4.46. The molecule has 1 heterocycles. The predicted molar refractivity (Wildman–Crippen MR) is 79.2 cm³/mol. The van der Waals surface area contributed by atoms with Gasteiger partial charge in [0.05, 0.1) is 0 Å². The predicted octanol–water partition coefficient (Wildman–Crippen LogP) is 3.35. The quantitative estimate of drug-likeness (QED) is 0.900. The molecule has 2 nitrogen and oxygen atoms in total. The second-order valence-corrected chi connectivity index (χ2v) is 5.90. The Morgan fingerprint density at radius 1 is 1.42 bits per heavy atom. The molecule has 106 valence electrons. The van der Waals surface area contributed by atoms with Gasteiger partial charge in [-0.15, -0.1) is 0 Å². The highest BCUT2D eigenvalue weighted by Crippen LogP contribution is 2.27. The number of aryl methyl sites for hydroxylation is 1. The lowest BCUT2D eigenvalue weighted by Gasteiger charge is -2.43. The van der Waals surface area contributed by atoms with E-state index in [1.165, 1.54) is 5.69 Å². The summed E-state index contributed by atoms with van der Waals surface area (Å²) in [5.41, 5.74) is 2.21. The molecule has 3 heteroatoms. The molecule has 1 aliphatic heterocycles. The van der Waals surface area contributed by atoms with E-state index in [-0.39, 0.29) is 5.82 Å². The molecule has 1 saturated heterocycles. The number of nitrogens with zero attached hydrogens (tertiary/aromatic N) is 1. The fraction of sp³-hybridized carbons (Fsp3) is 0.625. The second-order valence-electron chi connectivity index (χ2n) is 5.90. The van der Waals surface area contributed by atoms with Gasteiger partial charge in [-0.2, -0.15) is 0 Å². The standard InChI is InChI=1S/C16H25FN2/c1-5-14-9-18-15(11(2)3)10-19(14)16-7-6-13(17)8-12(16)4/h6-8,11,14-15,18H,5,9-10H2,1-4H3. The highest BCUT2D eigenvalue weighted by atomic mass is 19.1.